The monoisotopic (exact) mass is 281 g/mol. The fourth-order valence-electron chi connectivity index (χ4n) is 1.57. The number of hydrogen-bond acceptors (Lipinski definition) is 6. The second-order valence-corrected chi connectivity index (χ2v) is 4.01. The first kappa shape index (κ1) is 15.8. The van der Waals surface area contributed by atoms with Gasteiger partial charge in [0.25, 0.3) is 0 Å². The van der Waals surface area contributed by atoms with Gasteiger partial charge in [-0.05, 0) is 31.5 Å². The van der Waals surface area contributed by atoms with E-state index < -0.39 is 18.0 Å². The van der Waals surface area contributed by atoms with Crippen molar-refractivity contribution in [3.63, 3.8) is 0 Å². The summed E-state index contributed by atoms with van der Waals surface area (Å²) in [6.45, 7) is 3.66. The van der Waals surface area contributed by atoms with Crippen molar-refractivity contribution in [3.05, 3.63) is 23.8 Å². The average molecular weight is 281 g/mol. The maximum Gasteiger partial charge on any atom is 0.347 e. The van der Waals surface area contributed by atoms with Crippen molar-refractivity contribution in [1.29, 1.82) is 0 Å². The molecule has 0 aromatic heterocycles. The van der Waals surface area contributed by atoms with Crippen LogP contribution in [0.15, 0.2) is 18.2 Å². The summed E-state index contributed by atoms with van der Waals surface area (Å²) in [5, 5.41) is 0. The Kier molecular flexibility index (Phi) is 5.83. The van der Waals surface area contributed by atoms with Crippen LogP contribution < -0.4 is 10.5 Å². The Hall–Kier alpha value is -2.24. The molecule has 0 heterocycles. The molecule has 6 heteroatoms. The molecule has 1 aromatic rings. The molecular formula is C14H19NO5. The standard InChI is InChI=1S/C14H19NO5/c1-4-11(14(17)19-5-2)20-13(16)9-6-7-10(15)12(8-9)18-3/h6-8,11H,4-5,15H2,1-3H3. The van der Waals surface area contributed by atoms with Crippen LogP contribution in [0.2, 0.25) is 0 Å². The molecular weight excluding hydrogens is 262 g/mol. The molecule has 0 aliphatic carbocycles. The van der Waals surface area contributed by atoms with Gasteiger partial charge in [0, 0.05) is 0 Å². The van der Waals surface area contributed by atoms with Gasteiger partial charge in [-0.2, -0.15) is 0 Å². The van der Waals surface area contributed by atoms with E-state index in [1.54, 1.807) is 19.9 Å². The fourth-order valence-corrected chi connectivity index (χ4v) is 1.57. The van der Waals surface area contributed by atoms with Crippen molar-refractivity contribution < 1.29 is 23.8 Å². The third kappa shape index (κ3) is 3.88. The molecule has 0 saturated heterocycles. The molecule has 1 rings (SSSR count). The minimum atomic E-state index is -0.911. The second-order valence-electron chi connectivity index (χ2n) is 4.01. The van der Waals surface area contributed by atoms with E-state index in [-0.39, 0.29) is 12.2 Å². The van der Waals surface area contributed by atoms with Crippen LogP contribution in [0, 0.1) is 0 Å². The predicted molar refractivity (Wildman–Crippen MR) is 73.5 cm³/mol. The lowest BCUT2D eigenvalue weighted by molar-refractivity contribution is -0.153. The van der Waals surface area contributed by atoms with Gasteiger partial charge in [-0.1, -0.05) is 6.92 Å². The summed E-state index contributed by atoms with van der Waals surface area (Å²) in [5.41, 5.74) is 6.34. The molecule has 0 saturated carbocycles. The number of nitrogens with two attached hydrogens (primary N) is 1. The summed E-state index contributed by atoms with van der Waals surface area (Å²) in [6, 6.07) is 4.52. The number of methoxy groups -OCH3 is 1. The van der Waals surface area contributed by atoms with E-state index in [0.29, 0.717) is 17.9 Å². The van der Waals surface area contributed by atoms with Crippen molar-refractivity contribution >= 4 is 17.6 Å². The summed E-state index contributed by atoms with van der Waals surface area (Å²) >= 11 is 0. The van der Waals surface area contributed by atoms with Crippen molar-refractivity contribution in [1.82, 2.24) is 0 Å². The smallest absolute Gasteiger partial charge is 0.347 e. The number of benzene rings is 1. The minimum absolute atomic E-state index is 0.239. The van der Waals surface area contributed by atoms with Crippen LogP contribution in [0.4, 0.5) is 5.69 Å². The normalized spacial score (nSPS) is 11.6. The molecule has 0 spiro atoms. The van der Waals surface area contributed by atoms with Gasteiger partial charge >= 0.3 is 11.9 Å². The lowest BCUT2D eigenvalue weighted by atomic mass is 10.2. The molecule has 0 radical (unpaired) electrons. The summed E-state index contributed by atoms with van der Waals surface area (Å²) in [5.74, 6) is -0.794. The van der Waals surface area contributed by atoms with E-state index in [1.807, 2.05) is 0 Å². The van der Waals surface area contributed by atoms with E-state index >= 15 is 0 Å². The molecule has 0 aliphatic rings. The van der Waals surface area contributed by atoms with E-state index in [2.05, 4.69) is 0 Å². The predicted octanol–water partition coefficient (Wildman–Crippen LogP) is 1.78. The Morgan fingerprint density at radius 2 is 2.00 bits per heavy atom. The van der Waals surface area contributed by atoms with Crippen molar-refractivity contribution in [2.24, 2.45) is 0 Å². The Morgan fingerprint density at radius 3 is 2.55 bits per heavy atom. The molecule has 0 fully saturated rings. The van der Waals surface area contributed by atoms with Crippen molar-refractivity contribution in [2.45, 2.75) is 26.4 Å². The number of nitrogen functional groups attached to an aromatic ring is 1. The zero-order chi connectivity index (χ0) is 15.1. The third-order valence-electron chi connectivity index (χ3n) is 2.64. The van der Waals surface area contributed by atoms with Crippen LogP contribution in [-0.4, -0.2) is 31.8 Å². The van der Waals surface area contributed by atoms with Crippen LogP contribution in [0.1, 0.15) is 30.6 Å². The van der Waals surface area contributed by atoms with Gasteiger partial charge in [-0.15, -0.1) is 0 Å². The van der Waals surface area contributed by atoms with E-state index in [9.17, 15) is 9.59 Å². The zero-order valence-electron chi connectivity index (χ0n) is 11.8. The van der Waals surface area contributed by atoms with E-state index in [4.69, 9.17) is 19.9 Å². The first-order valence-corrected chi connectivity index (χ1v) is 6.34. The van der Waals surface area contributed by atoms with Crippen LogP contribution >= 0.6 is 0 Å². The maximum absolute atomic E-state index is 12.0. The topological polar surface area (TPSA) is 87.9 Å². The van der Waals surface area contributed by atoms with Gasteiger partial charge < -0.3 is 19.9 Å². The number of carbonyl (C=O) groups excluding carboxylic acids is 2. The highest BCUT2D eigenvalue weighted by Crippen LogP contribution is 2.23. The zero-order valence-corrected chi connectivity index (χ0v) is 11.8. The van der Waals surface area contributed by atoms with Crippen molar-refractivity contribution in [3.8, 4) is 5.75 Å². The Morgan fingerprint density at radius 1 is 1.30 bits per heavy atom. The van der Waals surface area contributed by atoms with Gasteiger partial charge in [0.15, 0.2) is 6.10 Å². The maximum atomic E-state index is 12.0. The SMILES string of the molecule is CCOC(=O)C(CC)OC(=O)c1ccc(N)c(OC)c1. The molecule has 1 aromatic carbocycles. The summed E-state index contributed by atoms with van der Waals surface area (Å²) in [6.07, 6.45) is -0.567. The Bertz CT molecular complexity index is 486. The van der Waals surface area contributed by atoms with Crippen LogP contribution in [0.25, 0.3) is 0 Å². The quantitative estimate of drug-likeness (QED) is 0.631. The van der Waals surface area contributed by atoms with Gasteiger partial charge in [0.1, 0.15) is 5.75 Å². The first-order chi connectivity index (χ1) is 9.53. The van der Waals surface area contributed by atoms with Gasteiger partial charge in [-0.3, -0.25) is 0 Å². The molecule has 6 nitrogen and oxygen atoms in total. The second kappa shape index (κ2) is 7.37. The first-order valence-electron chi connectivity index (χ1n) is 6.34. The molecule has 0 bridgehead atoms. The van der Waals surface area contributed by atoms with Gasteiger partial charge in [0.2, 0.25) is 0 Å². The molecule has 0 aliphatic heterocycles. The number of anilines is 1. The molecule has 20 heavy (non-hydrogen) atoms. The molecule has 110 valence electrons. The summed E-state index contributed by atoms with van der Waals surface area (Å²) in [4.78, 5) is 23.5. The largest absolute Gasteiger partial charge is 0.495 e. The number of rotatable bonds is 6. The lowest BCUT2D eigenvalue weighted by Crippen LogP contribution is -2.28. The molecule has 0 amide bonds. The number of esters is 2. The average Bonchev–Trinajstić information content (AvgIpc) is 2.45. The molecule has 2 N–H and O–H groups in total. The van der Waals surface area contributed by atoms with Crippen LogP contribution in [0.5, 0.6) is 5.75 Å². The molecule has 1 unspecified atom stereocenters. The Balaban J connectivity index is 2.81. The Labute approximate surface area is 117 Å². The highest BCUT2D eigenvalue weighted by Gasteiger charge is 2.23. The van der Waals surface area contributed by atoms with Gasteiger partial charge in [0.05, 0.1) is 25.0 Å². The van der Waals surface area contributed by atoms with E-state index in [0.717, 1.165) is 0 Å². The highest BCUT2D eigenvalue weighted by atomic mass is 16.6. The van der Waals surface area contributed by atoms with Crippen molar-refractivity contribution in [2.75, 3.05) is 19.5 Å². The van der Waals surface area contributed by atoms with Crippen LogP contribution in [-0.2, 0) is 14.3 Å². The lowest BCUT2D eigenvalue weighted by Gasteiger charge is -2.15. The van der Waals surface area contributed by atoms with Crippen LogP contribution in [0.3, 0.4) is 0 Å². The summed E-state index contributed by atoms with van der Waals surface area (Å²) in [7, 11) is 1.45. The fraction of sp³-hybridized carbons (Fsp3) is 0.429. The summed E-state index contributed by atoms with van der Waals surface area (Å²) < 4.78 is 15.0. The third-order valence-corrected chi connectivity index (χ3v) is 2.64. The highest BCUT2D eigenvalue weighted by molar-refractivity contribution is 5.92. The van der Waals surface area contributed by atoms with E-state index in [1.165, 1.54) is 19.2 Å². The van der Waals surface area contributed by atoms with Gasteiger partial charge in [-0.25, -0.2) is 9.59 Å². The minimum Gasteiger partial charge on any atom is -0.495 e. The number of hydrogen-bond donors (Lipinski definition) is 1. The number of ether oxygens (including phenoxy) is 3. The number of carbonyl (C=O) groups is 2. The molecule has 1 atom stereocenters.